The molecule has 0 heterocycles. The molecule has 2 N–H and O–H groups in total. The third-order valence-electron chi connectivity index (χ3n) is 3.47. The van der Waals surface area contributed by atoms with Crippen LogP contribution in [-0.4, -0.2) is 18.5 Å². The van der Waals surface area contributed by atoms with Crippen LogP contribution in [0.4, 0.5) is 18.9 Å². The Morgan fingerprint density at radius 2 is 1.95 bits per heavy atom. The van der Waals surface area contributed by atoms with Crippen LogP contribution in [0.2, 0.25) is 5.02 Å². The minimum absolute atomic E-state index is 0.0234. The summed E-state index contributed by atoms with van der Waals surface area (Å²) in [6.07, 6.45) is -0.140. The fraction of sp³-hybridized carbons (Fsp3) is 0.500. The summed E-state index contributed by atoms with van der Waals surface area (Å²) in [6, 6.07) is 3.17. The first-order valence-corrected chi connectivity index (χ1v) is 7.14. The monoisotopic (exact) mass is 320 g/mol. The Morgan fingerprint density at radius 3 is 2.57 bits per heavy atom. The number of alkyl halides is 3. The lowest BCUT2D eigenvalue weighted by Crippen LogP contribution is -2.34. The van der Waals surface area contributed by atoms with E-state index in [4.69, 9.17) is 11.6 Å². The predicted molar refractivity (Wildman–Crippen MR) is 75.3 cm³/mol. The summed E-state index contributed by atoms with van der Waals surface area (Å²) < 4.78 is 37.9. The van der Waals surface area contributed by atoms with Crippen molar-refractivity contribution in [3.05, 3.63) is 28.8 Å². The van der Waals surface area contributed by atoms with Gasteiger partial charge in [-0.2, -0.15) is 13.2 Å². The molecule has 0 unspecified atom stereocenters. The van der Waals surface area contributed by atoms with Crippen LogP contribution in [0.15, 0.2) is 18.2 Å². The van der Waals surface area contributed by atoms with Gasteiger partial charge in [0.25, 0.3) is 0 Å². The normalized spacial score (nSPS) is 16.2. The molecule has 1 aliphatic rings. The zero-order valence-electron chi connectivity index (χ0n) is 11.3. The molecule has 1 aromatic rings. The van der Waals surface area contributed by atoms with E-state index in [1.54, 1.807) is 0 Å². The van der Waals surface area contributed by atoms with Gasteiger partial charge in [-0.05, 0) is 31.0 Å². The van der Waals surface area contributed by atoms with Crippen molar-refractivity contribution >= 4 is 23.2 Å². The molecule has 0 atom stereocenters. The second-order valence-electron chi connectivity index (χ2n) is 5.10. The smallest absolute Gasteiger partial charge is 0.324 e. The van der Waals surface area contributed by atoms with E-state index in [0.717, 1.165) is 43.9 Å². The summed E-state index contributed by atoms with van der Waals surface area (Å²) in [7, 11) is 0. The zero-order valence-corrected chi connectivity index (χ0v) is 12.0. The average Bonchev–Trinajstić information content (AvgIpc) is 2.91. The SMILES string of the molecule is O=C(CNC1CCCC1)Nc1cc(C(F)(F)F)ccc1Cl. The molecule has 1 aromatic carbocycles. The van der Waals surface area contributed by atoms with Gasteiger partial charge in [0.2, 0.25) is 5.91 Å². The van der Waals surface area contributed by atoms with Gasteiger partial charge in [0.1, 0.15) is 0 Å². The van der Waals surface area contributed by atoms with Crippen LogP contribution in [0.25, 0.3) is 0 Å². The van der Waals surface area contributed by atoms with Crippen LogP contribution in [0.5, 0.6) is 0 Å². The van der Waals surface area contributed by atoms with Crippen molar-refractivity contribution in [3.63, 3.8) is 0 Å². The maximum absolute atomic E-state index is 12.6. The second kappa shape index (κ2) is 6.66. The summed E-state index contributed by atoms with van der Waals surface area (Å²) in [4.78, 5) is 11.8. The number of halogens is 4. The standard InChI is InChI=1S/C14H16ClF3N2O/c15-11-6-5-9(14(16,17)18)7-12(11)20-13(21)8-19-10-3-1-2-4-10/h5-7,10,19H,1-4,8H2,(H,20,21). The number of carbonyl (C=O) groups is 1. The molecule has 116 valence electrons. The fourth-order valence-electron chi connectivity index (χ4n) is 2.36. The number of amides is 1. The first-order valence-electron chi connectivity index (χ1n) is 6.76. The van der Waals surface area contributed by atoms with Crippen LogP contribution in [0, 0.1) is 0 Å². The Balaban J connectivity index is 1.96. The Labute approximate surface area is 125 Å². The van der Waals surface area contributed by atoms with Crippen molar-refractivity contribution in [3.8, 4) is 0 Å². The van der Waals surface area contributed by atoms with E-state index in [1.807, 2.05) is 0 Å². The number of rotatable bonds is 4. The molecule has 1 amide bonds. The number of hydrogen-bond acceptors (Lipinski definition) is 2. The molecule has 0 saturated heterocycles. The summed E-state index contributed by atoms with van der Waals surface area (Å²) in [5.74, 6) is -0.400. The molecule has 7 heteroatoms. The molecular weight excluding hydrogens is 305 g/mol. The van der Waals surface area contributed by atoms with Gasteiger partial charge in [-0.1, -0.05) is 24.4 Å². The van der Waals surface area contributed by atoms with E-state index < -0.39 is 17.6 Å². The molecular formula is C14H16ClF3N2O. The van der Waals surface area contributed by atoms with Gasteiger partial charge < -0.3 is 10.6 Å². The molecule has 0 aromatic heterocycles. The summed E-state index contributed by atoms with van der Waals surface area (Å²) in [6.45, 7) is 0.0667. The van der Waals surface area contributed by atoms with E-state index in [1.165, 1.54) is 0 Å². The highest BCUT2D eigenvalue weighted by Gasteiger charge is 2.31. The number of hydrogen-bond donors (Lipinski definition) is 2. The number of anilines is 1. The third kappa shape index (κ3) is 4.61. The van der Waals surface area contributed by atoms with Crippen molar-refractivity contribution < 1.29 is 18.0 Å². The molecule has 0 bridgehead atoms. The summed E-state index contributed by atoms with van der Waals surface area (Å²) in [5.41, 5.74) is -0.865. The van der Waals surface area contributed by atoms with Gasteiger partial charge in [0.15, 0.2) is 0 Å². The van der Waals surface area contributed by atoms with Crippen LogP contribution >= 0.6 is 11.6 Å². The number of benzene rings is 1. The van der Waals surface area contributed by atoms with Crippen LogP contribution in [0.1, 0.15) is 31.2 Å². The van der Waals surface area contributed by atoms with Crippen molar-refractivity contribution in [2.75, 3.05) is 11.9 Å². The molecule has 1 aliphatic carbocycles. The second-order valence-corrected chi connectivity index (χ2v) is 5.51. The third-order valence-corrected chi connectivity index (χ3v) is 3.80. The molecule has 0 aliphatic heterocycles. The van der Waals surface area contributed by atoms with Crippen molar-refractivity contribution in [1.29, 1.82) is 0 Å². The fourth-order valence-corrected chi connectivity index (χ4v) is 2.52. The first-order chi connectivity index (χ1) is 9.86. The van der Waals surface area contributed by atoms with E-state index in [2.05, 4.69) is 10.6 Å². The largest absolute Gasteiger partial charge is 0.416 e. The molecule has 1 saturated carbocycles. The highest BCUT2D eigenvalue weighted by molar-refractivity contribution is 6.33. The minimum Gasteiger partial charge on any atom is -0.324 e. The predicted octanol–water partition coefficient (Wildman–Crippen LogP) is 3.83. The number of nitrogens with one attached hydrogen (secondary N) is 2. The van der Waals surface area contributed by atoms with Gasteiger partial charge in [-0.3, -0.25) is 4.79 Å². The van der Waals surface area contributed by atoms with Crippen molar-refractivity contribution in [1.82, 2.24) is 5.32 Å². The lowest BCUT2D eigenvalue weighted by Gasteiger charge is -2.14. The Bertz CT molecular complexity index is 513. The van der Waals surface area contributed by atoms with E-state index in [9.17, 15) is 18.0 Å². The van der Waals surface area contributed by atoms with Gasteiger partial charge >= 0.3 is 6.18 Å². The van der Waals surface area contributed by atoms with E-state index in [-0.39, 0.29) is 17.3 Å². The lowest BCUT2D eigenvalue weighted by atomic mass is 10.2. The van der Waals surface area contributed by atoms with Crippen LogP contribution < -0.4 is 10.6 Å². The topological polar surface area (TPSA) is 41.1 Å². The highest BCUT2D eigenvalue weighted by Crippen LogP contribution is 2.33. The van der Waals surface area contributed by atoms with Gasteiger partial charge in [-0.25, -0.2) is 0 Å². The van der Waals surface area contributed by atoms with E-state index >= 15 is 0 Å². The van der Waals surface area contributed by atoms with Crippen LogP contribution in [0.3, 0.4) is 0 Å². The Kier molecular flexibility index (Phi) is 5.11. The van der Waals surface area contributed by atoms with Crippen molar-refractivity contribution in [2.24, 2.45) is 0 Å². The Morgan fingerprint density at radius 1 is 1.29 bits per heavy atom. The Hall–Kier alpha value is -1.27. The maximum Gasteiger partial charge on any atom is 0.416 e. The maximum atomic E-state index is 12.6. The molecule has 0 radical (unpaired) electrons. The average molecular weight is 321 g/mol. The van der Waals surface area contributed by atoms with Crippen molar-refractivity contribution in [2.45, 2.75) is 37.9 Å². The molecule has 3 nitrogen and oxygen atoms in total. The first kappa shape index (κ1) is 16.1. The molecule has 2 rings (SSSR count). The molecule has 0 spiro atoms. The van der Waals surface area contributed by atoms with Gasteiger partial charge in [-0.15, -0.1) is 0 Å². The van der Waals surface area contributed by atoms with E-state index in [0.29, 0.717) is 6.04 Å². The van der Waals surface area contributed by atoms with Crippen LogP contribution in [-0.2, 0) is 11.0 Å². The summed E-state index contributed by atoms with van der Waals surface area (Å²) >= 11 is 5.82. The molecule has 1 fully saturated rings. The summed E-state index contributed by atoms with van der Waals surface area (Å²) in [5, 5.41) is 5.58. The minimum atomic E-state index is -4.47. The zero-order chi connectivity index (χ0) is 15.5. The van der Waals surface area contributed by atoms with Gasteiger partial charge in [0.05, 0.1) is 22.8 Å². The lowest BCUT2D eigenvalue weighted by molar-refractivity contribution is -0.137. The highest BCUT2D eigenvalue weighted by atomic mass is 35.5. The molecule has 21 heavy (non-hydrogen) atoms. The number of carbonyl (C=O) groups excluding carboxylic acids is 1. The quantitative estimate of drug-likeness (QED) is 0.885. The van der Waals surface area contributed by atoms with Gasteiger partial charge in [0, 0.05) is 6.04 Å².